The summed E-state index contributed by atoms with van der Waals surface area (Å²) in [7, 11) is -3.35. The molecule has 0 radical (unpaired) electrons. The molecule has 1 aromatic heterocycles. The molecule has 4 aromatic rings. The molecule has 4 rings (SSSR count). The van der Waals surface area contributed by atoms with E-state index in [1.54, 1.807) is 18.3 Å². The second kappa shape index (κ2) is 8.49. The third-order valence-electron chi connectivity index (χ3n) is 5.12. The monoisotopic (exact) mass is 449 g/mol. The highest BCUT2D eigenvalue weighted by Gasteiger charge is 2.17. The Labute approximate surface area is 184 Å². The quantitative estimate of drug-likeness (QED) is 0.503. The number of sulfone groups is 1. The number of nitrogens with zero attached hydrogens (tertiary/aromatic N) is 2. The van der Waals surface area contributed by atoms with E-state index in [0.29, 0.717) is 34.5 Å². The first-order valence-corrected chi connectivity index (χ1v) is 11.7. The Kier molecular flexibility index (Phi) is 5.73. The second-order valence-corrected chi connectivity index (χ2v) is 9.34. The maximum absolute atomic E-state index is 13.5. The molecule has 6 nitrogen and oxygen atoms in total. The number of benzene rings is 3. The van der Waals surface area contributed by atoms with Crippen LogP contribution in [0.5, 0.6) is 0 Å². The minimum Gasteiger partial charge on any atom is -0.326 e. The summed E-state index contributed by atoms with van der Waals surface area (Å²) in [6.07, 6.45) is 2.68. The zero-order valence-electron chi connectivity index (χ0n) is 17.2. The molecule has 2 N–H and O–H groups in total. The van der Waals surface area contributed by atoms with Crippen LogP contribution >= 0.6 is 0 Å². The molecule has 0 aliphatic carbocycles. The molecule has 3 aromatic carbocycles. The van der Waals surface area contributed by atoms with Gasteiger partial charge in [0.15, 0.2) is 9.84 Å². The lowest BCUT2D eigenvalue weighted by Crippen LogP contribution is -2.23. The van der Waals surface area contributed by atoms with Crippen LogP contribution in [0.1, 0.15) is 5.56 Å². The van der Waals surface area contributed by atoms with Gasteiger partial charge >= 0.3 is 0 Å². The predicted octanol–water partition coefficient (Wildman–Crippen LogP) is 3.57. The van der Waals surface area contributed by atoms with Gasteiger partial charge < -0.3 is 5.73 Å². The molecule has 0 amide bonds. The van der Waals surface area contributed by atoms with E-state index in [0.717, 1.165) is 11.8 Å². The van der Waals surface area contributed by atoms with Gasteiger partial charge in [0.05, 0.1) is 22.3 Å². The van der Waals surface area contributed by atoms with Gasteiger partial charge in [0, 0.05) is 18.4 Å². The van der Waals surface area contributed by atoms with E-state index in [4.69, 9.17) is 5.73 Å². The number of rotatable bonds is 5. The maximum atomic E-state index is 13.5. The van der Waals surface area contributed by atoms with Gasteiger partial charge in [0.25, 0.3) is 5.56 Å². The van der Waals surface area contributed by atoms with E-state index >= 15 is 0 Å². The molecule has 0 spiro atoms. The van der Waals surface area contributed by atoms with E-state index < -0.39 is 15.7 Å². The van der Waals surface area contributed by atoms with Crippen molar-refractivity contribution >= 4 is 9.84 Å². The van der Waals surface area contributed by atoms with Gasteiger partial charge in [-0.3, -0.25) is 4.79 Å². The summed E-state index contributed by atoms with van der Waals surface area (Å²) < 4.78 is 38.2. The molecule has 1 heterocycles. The molecular formula is C24H20FN3O3S. The molecule has 0 fully saturated rings. The van der Waals surface area contributed by atoms with Crippen molar-refractivity contribution < 1.29 is 12.8 Å². The second-order valence-electron chi connectivity index (χ2n) is 7.32. The molecule has 0 saturated heterocycles. The van der Waals surface area contributed by atoms with Gasteiger partial charge in [-0.2, -0.15) is 9.78 Å². The molecule has 32 heavy (non-hydrogen) atoms. The summed E-state index contributed by atoms with van der Waals surface area (Å²) in [5.41, 5.74) is 8.89. The van der Waals surface area contributed by atoms with Crippen LogP contribution in [0, 0.1) is 5.82 Å². The summed E-state index contributed by atoms with van der Waals surface area (Å²) in [4.78, 5) is 13.7. The van der Waals surface area contributed by atoms with E-state index in [1.807, 2.05) is 24.3 Å². The SMILES string of the molecule is CS(=O)(=O)c1ccc(-c2cnn(-c3ccc(F)cc3)c(=O)c2-c2ccc(CN)cc2)cc1. The fraction of sp³-hybridized carbons (Fsp3) is 0.0833. The van der Waals surface area contributed by atoms with Crippen molar-refractivity contribution in [3.63, 3.8) is 0 Å². The Hall–Kier alpha value is -3.62. The lowest BCUT2D eigenvalue weighted by Gasteiger charge is -2.13. The van der Waals surface area contributed by atoms with E-state index in [1.165, 1.54) is 41.1 Å². The molecular weight excluding hydrogens is 429 g/mol. The number of aromatic nitrogens is 2. The molecule has 162 valence electrons. The summed E-state index contributed by atoms with van der Waals surface area (Å²) in [5, 5.41) is 4.29. The number of hydrogen-bond acceptors (Lipinski definition) is 5. The summed E-state index contributed by atoms with van der Waals surface area (Å²) in [5.74, 6) is -0.415. The van der Waals surface area contributed by atoms with Crippen LogP contribution in [0.2, 0.25) is 0 Å². The average molecular weight is 450 g/mol. The Morgan fingerprint density at radius 1 is 0.906 bits per heavy atom. The molecule has 8 heteroatoms. The van der Waals surface area contributed by atoms with Crippen molar-refractivity contribution in [1.29, 1.82) is 0 Å². The zero-order valence-corrected chi connectivity index (χ0v) is 18.0. The van der Waals surface area contributed by atoms with Gasteiger partial charge in [-0.1, -0.05) is 36.4 Å². The number of hydrogen-bond donors (Lipinski definition) is 1. The van der Waals surface area contributed by atoms with Crippen LogP contribution in [-0.4, -0.2) is 24.5 Å². The van der Waals surface area contributed by atoms with Crippen LogP contribution in [-0.2, 0) is 16.4 Å². The maximum Gasteiger partial charge on any atom is 0.279 e. The highest BCUT2D eigenvalue weighted by Crippen LogP contribution is 2.30. The Bertz CT molecular complexity index is 1430. The van der Waals surface area contributed by atoms with Crippen LogP contribution in [0.25, 0.3) is 27.9 Å². The van der Waals surface area contributed by atoms with Crippen molar-refractivity contribution in [3.05, 3.63) is 101 Å². The van der Waals surface area contributed by atoms with E-state index in [-0.39, 0.29) is 10.5 Å². The number of halogens is 1. The third kappa shape index (κ3) is 4.23. The minimum absolute atomic E-state index is 0.183. The molecule has 0 unspecified atom stereocenters. The van der Waals surface area contributed by atoms with Crippen molar-refractivity contribution in [3.8, 4) is 27.9 Å². The molecule has 0 atom stereocenters. The van der Waals surface area contributed by atoms with Gasteiger partial charge in [0.2, 0.25) is 0 Å². The Balaban J connectivity index is 1.94. The first-order valence-electron chi connectivity index (χ1n) is 9.76. The van der Waals surface area contributed by atoms with Gasteiger partial charge in [-0.25, -0.2) is 12.8 Å². The lowest BCUT2D eigenvalue weighted by molar-refractivity contribution is 0.602. The summed E-state index contributed by atoms with van der Waals surface area (Å²) in [6.45, 7) is 0.371. The summed E-state index contributed by atoms with van der Waals surface area (Å²) in [6, 6.07) is 19.1. The minimum atomic E-state index is -3.35. The smallest absolute Gasteiger partial charge is 0.279 e. The normalized spacial score (nSPS) is 11.5. The Morgan fingerprint density at radius 2 is 1.50 bits per heavy atom. The van der Waals surface area contributed by atoms with Gasteiger partial charge in [-0.05, 0) is 53.1 Å². The number of nitrogens with two attached hydrogens (primary N) is 1. The highest BCUT2D eigenvalue weighted by molar-refractivity contribution is 7.90. The molecule has 0 aliphatic heterocycles. The topological polar surface area (TPSA) is 95.0 Å². The van der Waals surface area contributed by atoms with Crippen LogP contribution in [0.4, 0.5) is 4.39 Å². The van der Waals surface area contributed by atoms with Gasteiger partial charge in [-0.15, -0.1) is 0 Å². The highest BCUT2D eigenvalue weighted by atomic mass is 32.2. The fourth-order valence-electron chi connectivity index (χ4n) is 3.41. The predicted molar refractivity (Wildman–Crippen MR) is 122 cm³/mol. The van der Waals surface area contributed by atoms with Crippen LogP contribution in [0.15, 0.2) is 88.7 Å². The molecule has 0 saturated carbocycles. The lowest BCUT2D eigenvalue weighted by atomic mass is 9.96. The average Bonchev–Trinajstić information content (AvgIpc) is 2.79. The fourth-order valence-corrected chi connectivity index (χ4v) is 4.04. The third-order valence-corrected chi connectivity index (χ3v) is 6.25. The van der Waals surface area contributed by atoms with Crippen molar-refractivity contribution in [2.45, 2.75) is 11.4 Å². The summed E-state index contributed by atoms with van der Waals surface area (Å²) >= 11 is 0. The zero-order chi connectivity index (χ0) is 22.9. The van der Waals surface area contributed by atoms with E-state index in [9.17, 15) is 17.6 Å². The van der Waals surface area contributed by atoms with Crippen LogP contribution in [0.3, 0.4) is 0 Å². The van der Waals surface area contributed by atoms with E-state index in [2.05, 4.69) is 5.10 Å². The first kappa shape index (κ1) is 21.6. The van der Waals surface area contributed by atoms with Crippen LogP contribution < -0.4 is 11.3 Å². The van der Waals surface area contributed by atoms with Crippen molar-refractivity contribution in [1.82, 2.24) is 9.78 Å². The first-order chi connectivity index (χ1) is 15.3. The van der Waals surface area contributed by atoms with Crippen molar-refractivity contribution in [2.75, 3.05) is 6.26 Å². The van der Waals surface area contributed by atoms with Crippen molar-refractivity contribution in [2.24, 2.45) is 5.73 Å². The largest absolute Gasteiger partial charge is 0.326 e. The molecule has 0 bridgehead atoms. The standard InChI is InChI=1S/C24H20FN3O3S/c1-32(30,31)21-12-6-17(7-13-21)22-15-27-28(20-10-8-19(25)9-11-20)24(29)23(22)18-4-2-16(14-26)3-5-18/h2-13,15H,14,26H2,1H3. The van der Waals surface area contributed by atoms with Gasteiger partial charge in [0.1, 0.15) is 5.82 Å². The Morgan fingerprint density at radius 3 is 2.06 bits per heavy atom. The molecule has 0 aliphatic rings.